The molecular weight excluding hydrogens is 273 g/mol. The van der Waals surface area contributed by atoms with Gasteiger partial charge < -0.3 is 4.74 Å². The van der Waals surface area contributed by atoms with E-state index in [4.69, 9.17) is 0 Å². The van der Waals surface area contributed by atoms with Crippen molar-refractivity contribution in [3.63, 3.8) is 0 Å². The zero-order valence-electron chi connectivity index (χ0n) is 11.2. The van der Waals surface area contributed by atoms with Crippen LogP contribution in [0.2, 0.25) is 0 Å². The van der Waals surface area contributed by atoms with E-state index >= 15 is 0 Å². The van der Waals surface area contributed by atoms with Crippen LogP contribution in [0.25, 0.3) is 0 Å². The Morgan fingerprint density at radius 2 is 1.75 bits per heavy atom. The molecule has 1 rings (SSSR count). The number of benzene rings is 1. The fraction of sp³-hybridized carbons (Fsp3) is 0.429. The molecule has 1 unspecified atom stereocenters. The van der Waals surface area contributed by atoms with Crippen molar-refractivity contribution in [2.45, 2.75) is 26.2 Å². The number of Topliss-reactive ketones (excluding diaryl/α,β-unsaturated/α-hetero) is 1. The smallest absolute Gasteiger partial charge is 0.316 e. The van der Waals surface area contributed by atoms with Crippen molar-refractivity contribution in [1.82, 2.24) is 0 Å². The van der Waals surface area contributed by atoms with Crippen molar-refractivity contribution in [3.8, 4) is 0 Å². The molecule has 0 aliphatic heterocycles. The third kappa shape index (κ3) is 3.59. The quantitative estimate of drug-likeness (QED) is 0.458. The number of unbranched alkanes of at least 4 members (excludes halogenated alkanes) is 1. The van der Waals surface area contributed by atoms with Gasteiger partial charge in [0, 0.05) is 12.1 Å². The lowest BCUT2D eigenvalue weighted by atomic mass is 9.92. The number of esters is 1. The minimum absolute atomic E-state index is 0.123. The topological polar surface area (TPSA) is 43.4 Å². The zero-order valence-corrected chi connectivity index (χ0v) is 11.2. The Kier molecular flexibility index (Phi) is 5.73. The Balaban J connectivity index is 3.15. The first kappa shape index (κ1) is 16.2. The summed E-state index contributed by atoms with van der Waals surface area (Å²) in [5.74, 6) is -6.93. The van der Waals surface area contributed by atoms with Gasteiger partial charge in [-0.05, 0) is 6.42 Å². The molecule has 0 fully saturated rings. The molecule has 1 aromatic carbocycles. The summed E-state index contributed by atoms with van der Waals surface area (Å²) in [4.78, 5) is 23.7. The highest BCUT2D eigenvalue weighted by Gasteiger charge is 2.32. The third-order valence-electron chi connectivity index (χ3n) is 2.90. The summed E-state index contributed by atoms with van der Waals surface area (Å²) in [5.41, 5.74) is -0.905. The highest BCUT2D eigenvalue weighted by Crippen LogP contribution is 2.22. The first-order chi connectivity index (χ1) is 9.42. The van der Waals surface area contributed by atoms with Gasteiger partial charge in [0.05, 0.1) is 12.7 Å². The van der Waals surface area contributed by atoms with Crippen LogP contribution >= 0.6 is 0 Å². The van der Waals surface area contributed by atoms with Gasteiger partial charge >= 0.3 is 5.97 Å². The summed E-state index contributed by atoms with van der Waals surface area (Å²) in [6.45, 7) is 1.85. The highest BCUT2D eigenvalue weighted by molar-refractivity contribution is 6.08. The number of ketones is 1. The fourth-order valence-electron chi connectivity index (χ4n) is 1.86. The number of methoxy groups -OCH3 is 1. The predicted molar refractivity (Wildman–Crippen MR) is 65.7 cm³/mol. The standard InChI is InChI=1S/C14H15F3O3/c1-3-4-5-9(14(19)20-2)13(18)12-10(16)6-8(15)7-11(12)17/h6-7,9H,3-5H2,1-2H3. The van der Waals surface area contributed by atoms with Gasteiger partial charge in [0.25, 0.3) is 0 Å². The van der Waals surface area contributed by atoms with Crippen molar-refractivity contribution in [2.75, 3.05) is 7.11 Å². The number of hydrogen-bond acceptors (Lipinski definition) is 3. The minimum atomic E-state index is -1.32. The molecule has 0 saturated heterocycles. The van der Waals surface area contributed by atoms with E-state index in [0.29, 0.717) is 25.0 Å². The average molecular weight is 288 g/mol. The fourth-order valence-corrected chi connectivity index (χ4v) is 1.86. The highest BCUT2D eigenvalue weighted by atomic mass is 19.1. The second-order valence-electron chi connectivity index (χ2n) is 4.33. The van der Waals surface area contributed by atoms with E-state index in [0.717, 1.165) is 7.11 Å². The minimum Gasteiger partial charge on any atom is -0.468 e. The van der Waals surface area contributed by atoms with Gasteiger partial charge in [-0.2, -0.15) is 0 Å². The van der Waals surface area contributed by atoms with Crippen molar-refractivity contribution in [3.05, 3.63) is 35.1 Å². The van der Waals surface area contributed by atoms with Gasteiger partial charge in [0.1, 0.15) is 23.4 Å². The molecular formula is C14H15F3O3. The molecule has 0 aromatic heterocycles. The molecule has 0 amide bonds. The van der Waals surface area contributed by atoms with Gasteiger partial charge in [-0.1, -0.05) is 19.8 Å². The van der Waals surface area contributed by atoms with Crippen molar-refractivity contribution < 1.29 is 27.5 Å². The molecule has 0 N–H and O–H groups in total. The van der Waals surface area contributed by atoms with Crippen LogP contribution in [0.15, 0.2) is 12.1 Å². The maximum absolute atomic E-state index is 13.6. The second-order valence-corrected chi connectivity index (χ2v) is 4.33. The molecule has 20 heavy (non-hydrogen) atoms. The van der Waals surface area contributed by atoms with Gasteiger partial charge in [-0.25, -0.2) is 13.2 Å². The van der Waals surface area contributed by atoms with Gasteiger partial charge in [0.15, 0.2) is 5.78 Å². The number of carbonyl (C=O) groups is 2. The predicted octanol–water partition coefficient (Wildman–Crippen LogP) is 3.27. The maximum atomic E-state index is 13.6. The molecule has 0 aliphatic carbocycles. The number of halogens is 3. The third-order valence-corrected chi connectivity index (χ3v) is 2.90. The lowest BCUT2D eigenvalue weighted by molar-refractivity contribution is -0.143. The van der Waals surface area contributed by atoms with Crippen molar-refractivity contribution in [1.29, 1.82) is 0 Å². The summed E-state index contributed by atoms with van der Waals surface area (Å²) < 4.78 is 44.4. The molecule has 0 radical (unpaired) electrons. The van der Waals surface area contributed by atoms with E-state index in [-0.39, 0.29) is 6.42 Å². The van der Waals surface area contributed by atoms with Gasteiger partial charge in [-0.15, -0.1) is 0 Å². The Morgan fingerprint density at radius 3 is 2.20 bits per heavy atom. The number of rotatable bonds is 6. The summed E-state index contributed by atoms with van der Waals surface area (Å²) in [6.07, 6.45) is 1.35. The van der Waals surface area contributed by atoms with Crippen molar-refractivity contribution >= 4 is 11.8 Å². The van der Waals surface area contributed by atoms with Crippen LogP contribution in [0.4, 0.5) is 13.2 Å². The van der Waals surface area contributed by atoms with Crippen LogP contribution in [-0.2, 0) is 9.53 Å². The zero-order chi connectivity index (χ0) is 15.3. The summed E-state index contributed by atoms with van der Waals surface area (Å²) >= 11 is 0. The average Bonchev–Trinajstić information content (AvgIpc) is 2.37. The maximum Gasteiger partial charge on any atom is 0.316 e. The van der Waals surface area contributed by atoms with Crippen LogP contribution in [0, 0.1) is 23.4 Å². The molecule has 6 heteroatoms. The molecule has 0 heterocycles. The molecule has 0 saturated carbocycles. The molecule has 1 atom stereocenters. The SMILES string of the molecule is CCCCC(C(=O)OC)C(=O)c1c(F)cc(F)cc1F. The van der Waals surface area contributed by atoms with Gasteiger partial charge in [0.2, 0.25) is 0 Å². The lowest BCUT2D eigenvalue weighted by Gasteiger charge is -2.14. The van der Waals surface area contributed by atoms with E-state index in [1.165, 1.54) is 0 Å². The molecule has 0 bridgehead atoms. The first-order valence-electron chi connectivity index (χ1n) is 6.18. The Morgan fingerprint density at radius 1 is 1.20 bits per heavy atom. The summed E-state index contributed by atoms with van der Waals surface area (Å²) in [5, 5.41) is 0. The normalized spacial score (nSPS) is 12.1. The van der Waals surface area contributed by atoms with E-state index in [9.17, 15) is 22.8 Å². The lowest BCUT2D eigenvalue weighted by Crippen LogP contribution is -2.27. The molecule has 110 valence electrons. The van der Waals surface area contributed by atoms with Crippen LogP contribution in [0.1, 0.15) is 36.5 Å². The van der Waals surface area contributed by atoms with Crippen LogP contribution in [-0.4, -0.2) is 18.9 Å². The van der Waals surface area contributed by atoms with Gasteiger partial charge in [-0.3, -0.25) is 9.59 Å². The Hall–Kier alpha value is -1.85. The molecule has 3 nitrogen and oxygen atoms in total. The summed E-state index contributed by atoms with van der Waals surface area (Å²) in [7, 11) is 1.09. The molecule has 0 aliphatic rings. The van der Waals surface area contributed by atoms with Crippen LogP contribution < -0.4 is 0 Å². The number of hydrogen-bond donors (Lipinski definition) is 0. The molecule has 1 aromatic rings. The Bertz CT molecular complexity index is 491. The largest absolute Gasteiger partial charge is 0.468 e. The first-order valence-corrected chi connectivity index (χ1v) is 6.18. The van der Waals surface area contributed by atoms with E-state index in [1.807, 2.05) is 6.92 Å². The van der Waals surface area contributed by atoms with E-state index in [1.54, 1.807) is 0 Å². The van der Waals surface area contributed by atoms with E-state index in [2.05, 4.69) is 4.74 Å². The number of ether oxygens (including phenoxy) is 1. The summed E-state index contributed by atoms with van der Waals surface area (Å²) in [6, 6.07) is 0.814. The van der Waals surface area contributed by atoms with Crippen LogP contribution in [0.5, 0.6) is 0 Å². The monoisotopic (exact) mass is 288 g/mol. The molecule has 0 spiro atoms. The van der Waals surface area contributed by atoms with E-state index < -0.39 is 40.7 Å². The van der Waals surface area contributed by atoms with Crippen molar-refractivity contribution in [2.24, 2.45) is 5.92 Å². The Labute approximate surface area is 114 Å². The number of carbonyl (C=O) groups excluding carboxylic acids is 2. The second kappa shape index (κ2) is 7.07. The van der Waals surface area contributed by atoms with Crippen LogP contribution in [0.3, 0.4) is 0 Å².